The van der Waals surface area contributed by atoms with Crippen molar-refractivity contribution in [3.63, 3.8) is 0 Å². The number of hydrogen-bond acceptors (Lipinski definition) is 5. The van der Waals surface area contributed by atoms with E-state index in [4.69, 9.17) is 9.15 Å². The van der Waals surface area contributed by atoms with Crippen molar-refractivity contribution in [3.05, 3.63) is 35.6 Å². The Kier molecular flexibility index (Phi) is 3.69. The highest BCUT2D eigenvalue weighted by Crippen LogP contribution is 2.16. The monoisotopic (exact) mass is 234 g/mol. The summed E-state index contributed by atoms with van der Waals surface area (Å²) in [6.45, 7) is 2.03. The molecule has 1 heterocycles. The molecule has 17 heavy (non-hydrogen) atoms. The molecule has 0 saturated heterocycles. The van der Waals surface area contributed by atoms with Gasteiger partial charge in [0.15, 0.2) is 0 Å². The Hall–Kier alpha value is -1.91. The molecule has 1 aliphatic rings. The predicted molar refractivity (Wildman–Crippen MR) is 60.4 cm³/mol. The van der Waals surface area contributed by atoms with Crippen LogP contribution in [0.15, 0.2) is 28.2 Å². The fraction of sp³-hybridized carbons (Fsp3) is 0.417. The summed E-state index contributed by atoms with van der Waals surface area (Å²) >= 11 is 0. The fourth-order valence-corrected chi connectivity index (χ4v) is 1.59. The van der Waals surface area contributed by atoms with Crippen LogP contribution in [-0.2, 0) is 11.2 Å². The van der Waals surface area contributed by atoms with Gasteiger partial charge >= 0.3 is 11.9 Å². The van der Waals surface area contributed by atoms with Gasteiger partial charge in [-0.3, -0.25) is 0 Å². The summed E-state index contributed by atoms with van der Waals surface area (Å²) < 4.78 is 10.0. The van der Waals surface area contributed by atoms with Crippen molar-refractivity contribution in [2.75, 3.05) is 6.61 Å². The van der Waals surface area contributed by atoms with Crippen LogP contribution in [0.4, 0.5) is 0 Å². The molecule has 1 aromatic rings. The Labute approximate surface area is 99.2 Å². The SMILES string of the molecule is CCOC(=O)c1nnc(CC2=CC=CCC2)o1. The van der Waals surface area contributed by atoms with E-state index < -0.39 is 5.97 Å². The minimum Gasteiger partial charge on any atom is -0.459 e. The minimum atomic E-state index is -0.566. The zero-order valence-corrected chi connectivity index (χ0v) is 9.68. The third-order valence-corrected chi connectivity index (χ3v) is 2.40. The first-order valence-electron chi connectivity index (χ1n) is 5.63. The summed E-state index contributed by atoms with van der Waals surface area (Å²) in [4.78, 5) is 11.3. The van der Waals surface area contributed by atoms with Crippen LogP contribution in [0.5, 0.6) is 0 Å². The van der Waals surface area contributed by atoms with Gasteiger partial charge in [0.05, 0.1) is 6.61 Å². The van der Waals surface area contributed by atoms with Crippen LogP contribution < -0.4 is 0 Å². The molecule has 0 spiro atoms. The van der Waals surface area contributed by atoms with E-state index in [2.05, 4.69) is 16.3 Å². The summed E-state index contributed by atoms with van der Waals surface area (Å²) in [6.07, 6.45) is 8.79. The Morgan fingerprint density at radius 3 is 3.12 bits per heavy atom. The molecule has 0 saturated carbocycles. The molecule has 90 valence electrons. The molecule has 0 bridgehead atoms. The quantitative estimate of drug-likeness (QED) is 0.746. The molecule has 0 aromatic carbocycles. The summed E-state index contributed by atoms with van der Waals surface area (Å²) in [6, 6.07) is 0. The highest BCUT2D eigenvalue weighted by atomic mass is 16.5. The van der Waals surface area contributed by atoms with Crippen molar-refractivity contribution in [1.82, 2.24) is 10.2 Å². The molecule has 1 aliphatic carbocycles. The minimum absolute atomic E-state index is 0.0752. The number of aromatic nitrogens is 2. The maximum absolute atomic E-state index is 11.3. The van der Waals surface area contributed by atoms with Crippen LogP contribution in [0.1, 0.15) is 36.3 Å². The molecular weight excluding hydrogens is 220 g/mol. The molecule has 5 nitrogen and oxygen atoms in total. The average Bonchev–Trinajstić information content (AvgIpc) is 2.79. The first kappa shape index (κ1) is 11.6. The number of nitrogens with zero attached hydrogens (tertiary/aromatic N) is 2. The fourth-order valence-electron chi connectivity index (χ4n) is 1.59. The van der Waals surface area contributed by atoms with E-state index >= 15 is 0 Å². The largest absolute Gasteiger partial charge is 0.459 e. The van der Waals surface area contributed by atoms with Crippen LogP contribution >= 0.6 is 0 Å². The van der Waals surface area contributed by atoms with E-state index in [0.29, 0.717) is 18.9 Å². The predicted octanol–water partition coefficient (Wildman–Crippen LogP) is 2.07. The molecule has 0 fully saturated rings. The second-order valence-electron chi connectivity index (χ2n) is 3.69. The van der Waals surface area contributed by atoms with Gasteiger partial charge in [-0.15, -0.1) is 10.2 Å². The summed E-state index contributed by atoms with van der Waals surface area (Å²) in [5, 5.41) is 7.49. The molecule has 0 radical (unpaired) electrons. The van der Waals surface area contributed by atoms with Crippen LogP contribution in [0.25, 0.3) is 0 Å². The number of esters is 1. The Morgan fingerprint density at radius 1 is 1.53 bits per heavy atom. The lowest BCUT2D eigenvalue weighted by Crippen LogP contribution is -2.04. The van der Waals surface area contributed by atoms with Crippen molar-refractivity contribution in [2.24, 2.45) is 0 Å². The van der Waals surface area contributed by atoms with Gasteiger partial charge in [0.2, 0.25) is 5.89 Å². The molecule has 0 N–H and O–H groups in total. The number of carbonyl (C=O) groups excluding carboxylic acids is 1. The van der Waals surface area contributed by atoms with Gasteiger partial charge in [0, 0.05) is 6.42 Å². The lowest BCUT2D eigenvalue weighted by Gasteiger charge is -2.05. The third kappa shape index (κ3) is 3.03. The smallest absolute Gasteiger partial charge is 0.396 e. The number of allylic oxidation sites excluding steroid dienone is 4. The maximum atomic E-state index is 11.3. The third-order valence-electron chi connectivity index (χ3n) is 2.40. The lowest BCUT2D eigenvalue weighted by molar-refractivity contribution is 0.0479. The number of carbonyl (C=O) groups is 1. The van der Waals surface area contributed by atoms with Gasteiger partial charge < -0.3 is 9.15 Å². The van der Waals surface area contributed by atoms with E-state index in [9.17, 15) is 4.79 Å². The highest BCUT2D eigenvalue weighted by molar-refractivity contribution is 5.83. The van der Waals surface area contributed by atoms with Gasteiger partial charge in [-0.05, 0) is 19.8 Å². The standard InChI is InChI=1S/C12H14N2O3/c1-2-16-12(15)11-14-13-10(17-11)8-9-6-4-3-5-7-9/h3-4,6H,2,5,7-8H2,1H3. The van der Waals surface area contributed by atoms with Gasteiger partial charge in [-0.25, -0.2) is 4.79 Å². The molecular formula is C12H14N2O3. The number of ether oxygens (including phenoxy) is 1. The van der Waals surface area contributed by atoms with Crippen molar-refractivity contribution in [1.29, 1.82) is 0 Å². The summed E-state index contributed by atoms with van der Waals surface area (Å²) in [5.74, 6) is -0.188. The second kappa shape index (κ2) is 5.43. The Morgan fingerprint density at radius 2 is 2.41 bits per heavy atom. The second-order valence-corrected chi connectivity index (χ2v) is 3.69. The van der Waals surface area contributed by atoms with Gasteiger partial charge in [0.1, 0.15) is 0 Å². The molecule has 0 amide bonds. The van der Waals surface area contributed by atoms with Crippen LogP contribution in [0, 0.1) is 0 Å². The maximum Gasteiger partial charge on any atom is 0.396 e. The summed E-state index contributed by atoms with van der Waals surface area (Å²) in [5.41, 5.74) is 1.23. The molecule has 0 unspecified atom stereocenters. The van der Waals surface area contributed by atoms with Crippen molar-refractivity contribution >= 4 is 5.97 Å². The van der Waals surface area contributed by atoms with Gasteiger partial charge in [-0.1, -0.05) is 23.8 Å². The van der Waals surface area contributed by atoms with Gasteiger partial charge in [0.25, 0.3) is 0 Å². The zero-order chi connectivity index (χ0) is 12.1. The van der Waals surface area contributed by atoms with E-state index in [-0.39, 0.29) is 5.89 Å². The lowest BCUT2D eigenvalue weighted by atomic mass is 10.0. The highest BCUT2D eigenvalue weighted by Gasteiger charge is 2.16. The Balaban J connectivity index is 2.00. The topological polar surface area (TPSA) is 65.2 Å². The zero-order valence-electron chi connectivity index (χ0n) is 9.68. The van der Waals surface area contributed by atoms with Crippen LogP contribution in [0.2, 0.25) is 0 Å². The molecule has 2 rings (SSSR count). The van der Waals surface area contributed by atoms with Crippen molar-refractivity contribution in [3.8, 4) is 0 Å². The first-order valence-corrected chi connectivity index (χ1v) is 5.63. The Bertz CT molecular complexity index is 460. The van der Waals surface area contributed by atoms with Crippen LogP contribution in [0.3, 0.4) is 0 Å². The number of rotatable bonds is 4. The average molecular weight is 234 g/mol. The normalized spacial score (nSPS) is 14.5. The molecule has 0 atom stereocenters. The van der Waals surface area contributed by atoms with E-state index in [0.717, 1.165) is 12.8 Å². The van der Waals surface area contributed by atoms with Crippen LogP contribution in [-0.4, -0.2) is 22.8 Å². The van der Waals surface area contributed by atoms with E-state index in [1.165, 1.54) is 5.57 Å². The number of hydrogen-bond donors (Lipinski definition) is 0. The van der Waals surface area contributed by atoms with Crippen molar-refractivity contribution < 1.29 is 13.9 Å². The van der Waals surface area contributed by atoms with E-state index in [1.807, 2.05) is 12.2 Å². The molecule has 0 aliphatic heterocycles. The summed E-state index contributed by atoms with van der Waals surface area (Å²) in [7, 11) is 0. The van der Waals surface area contributed by atoms with E-state index in [1.54, 1.807) is 6.92 Å². The molecule has 1 aromatic heterocycles. The van der Waals surface area contributed by atoms with Crippen molar-refractivity contribution in [2.45, 2.75) is 26.2 Å². The molecule has 5 heteroatoms. The van der Waals surface area contributed by atoms with Gasteiger partial charge in [-0.2, -0.15) is 0 Å². The first-order chi connectivity index (χ1) is 8.29.